The number of carbonyl (C=O) groups excluding carboxylic acids is 2. The van der Waals surface area contributed by atoms with Crippen molar-refractivity contribution in [3.05, 3.63) is 93.7 Å². The van der Waals surface area contributed by atoms with Crippen LogP contribution in [0.5, 0.6) is 0 Å². The summed E-state index contributed by atoms with van der Waals surface area (Å²) < 4.78 is 39.1. The summed E-state index contributed by atoms with van der Waals surface area (Å²) in [6.07, 6.45) is -0.272. The first-order chi connectivity index (χ1) is 16.9. The number of hydrogen-bond donors (Lipinski definition) is 0. The molecule has 0 radical (unpaired) electrons. The second-order valence-electron chi connectivity index (χ2n) is 9.37. The van der Waals surface area contributed by atoms with Gasteiger partial charge in [-0.2, -0.15) is 0 Å². The van der Waals surface area contributed by atoms with Gasteiger partial charge in [0.15, 0.2) is 12.2 Å². The molecule has 3 saturated heterocycles. The SMILES string of the molecule is O=C(OC(c1ccc(F)cc1)c1ccc(F)cc1)O[C@H]1C[N+]2(CC(=O)c3cccs3)CCC1CC2. The lowest BCUT2D eigenvalue weighted by molar-refractivity contribution is -0.938. The second kappa shape index (κ2) is 9.87. The van der Waals surface area contributed by atoms with E-state index in [0.717, 1.165) is 30.8 Å². The Morgan fingerprint density at radius 3 is 2.09 bits per heavy atom. The third kappa shape index (κ3) is 5.28. The van der Waals surface area contributed by atoms with Crippen molar-refractivity contribution in [2.24, 2.45) is 5.92 Å². The molecule has 6 rings (SSSR count). The van der Waals surface area contributed by atoms with E-state index in [1.807, 2.05) is 17.5 Å². The highest BCUT2D eigenvalue weighted by Gasteiger charge is 2.49. The largest absolute Gasteiger partial charge is 0.509 e. The average molecular weight is 499 g/mol. The van der Waals surface area contributed by atoms with E-state index in [4.69, 9.17) is 9.47 Å². The summed E-state index contributed by atoms with van der Waals surface area (Å²) in [7, 11) is 0. The lowest BCUT2D eigenvalue weighted by atomic mass is 9.83. The first kappa shape index (κ1) is 23.6. The van der Waals surface area contributed by atoms with Gasteiger partial charge in [0.1, 0.15) is 24.7 Å². The molecule has 35 heavy (non-hydrogen) atoms. The number of carbonyl (C=O) groups is 2. The number of ketones is 1. The molecular formula is C27H26F2NO4S+. The Labute approximate surface area is 206 Å². The fourth-order valence-electron chi connectivity index (χ4n) is 5.25. The van der Waals surface area contributed by atoms with Crippen LogP contribution in [0, 0.1) is 17.6 Å². The minimum atomic E-state index is -0.867. The molecule has 0 N–H and O–H groups in total. The fraction of sp³-hybridized carbons (Fsp3) is 0.333. The normalized spacial score (nSPS) is 23.3. The predicted octanol–water partition coefficient (Wildman–Crippen LogP) is 5.76. The molecule has 8 heteroatoms. The number of quaternary nitrogens is 1. The van der Waals surface area contributed by atoms with E-state index >= 15 is 0 Å². The zero-order chi connectivity index (χ0) is 24.4. The van der Waals surface area contributed by atoms with E-state index in [0.29, 0.717) is 28.7 Å². The topological polar surface area (TPSA) is 52.6 Å². The monoisotopic (exact) mass is 498 g/mol. The minimum Gasteiger partial charge on any atom is -0.425 e. The molecule has 0 unspecified atom stereocenters. The maximum atomic E-state index is 13.5. The number of piperidine rings is 3. The molecule has 3 aliphatic rings. The molecule has 182 valence electrons. The highest BCUT2D eigenvalue weighted by Crippen LogP contribution is 2.37. The van der Waals surface area contributed by atoms with Crippen molar-refractivity contribution < 1.29 is 32.3 Å². The summed E-state index contributed by atoms with van der Waals surface area (Å²) in [5.74, 6) is -0.469. The number of nitrogens with zero attached hydrogens (tertiary/aromatic N) is 1. The van der Waals surface area contributed by atoms with Crippen molar-refractivity contribution in [1.29, 1.82) is 0 Å². The third-order valence-corrected chi connectivity index (χ3v) is 8.03. The molecular weight excluding hydrogens is 472 g/mol. The molecule has 0 spiro atoms. The number of hydrogen-bond acceptors (Lipinski definition) is 5. The van der Waals surface area contributed by atoms with Crippen molar-refractivity contribution in [2.45, 2.75) is 25.0 Å². The molecule has 3 aliphatic heterocycles. The zero-order valence-corrected chi connectivity index (χ0v) is 19.9. The number of ether oxygens (including phenoxy) is 2. The lowest BCUT2D eigenvalue weighted by Crippen LogP contribution is -2.65. The van der Waals surface area contributed by atoms with Crippen LogP contribution in [-0.2, 0) is 9.47 Å². The molecule has 0 amide bonds. The maximum absolute atomic E-state index is 13.5. The first-order valence-corrected chi connectivity index (χ1v) is 12.6. The smallest absolute Gasteiger partial charge is 0.425 e. The van der Waals surface area contributed by atoms with Gasteiger partial charge in [0.05, 0.1) is 18.0 Å². The number of benzene rings is 2. The Kier molecular flexibility index (Phi) is 6.67. The fourth-order valence-corrected chi connectivity index (χ4v) is 5.90. The van der Waals surface area contributed by atoms with Gasteiger partial charge in [0.2, 0.25) is 5.78 Å². The quantitative estimate of drug-likeness (QED) is 0.236. The number of thiophene rings is 1. The predicted molar refractivity (Wildman–Crippen MR) is 127 cm³/mol. The van der Waals surface area contributed by atoms with Crippen molar-refractivity contribution in [1.82, 2.24) is 0 Å². The van der Waals surface area contributed by atoms with Crippen LogP contribution in [0.2, 0.25) is 0 Å². The van der Waals surface area contributed by atoms with Gasteiger partial charge in [-0.1, -0.05) is 30.3 Å². The summed E-state index contributed by atoms with van der Waals surface area (Å²) in [6, 6.07) is 15.0. The van der Waals surface area contributed by atoms with Crippen LogP contribution >= 0.6 is 11.3 Å². The molecule has 1 atom stereocenters. The van der Waals surface area contributed by atoms with E-state index in [1.165, 1.54) is 59.9 Å². The molecule has 3 aromatic rings. The summed E-state index contributed by atoms with van der Waals surface area (Å²) >= 11 is 1.45. The van der Waals surface area contributed by atoms with E-state index in [9.17, 15) is 18.4 Å². The van der Waals surface area contributed by atoms with E-state index in [1.54, 1.807) is 0 Å². The number of rotatable bonds is 7. The van der Waals surface area contributed by atoms with Crippen molar-refractivity contribution in [3.63, 3.8) is 0 Å². The van der Waals surface area contributed by atoms with Gasteiger partial charge in [-0.25, -0.2) is 13.6 Å². The Morgan fingerprint density at radius 2 is 1.54 bits per heavy atom. The summed E-state index contributed by atoms with van der Waals surface area (Å²) in [4.78, 5) is 26.5. The second-order valence-corrected chi connectivity index (χ2v) is 10.3. The molecule has 1 aromatic heterocycles. The van der Waals surface area contributed by atoms with Gasteiger partial charge in [0, 0.05) is 18.8 Å². The van der Waals surface area contributed by atoms with Crippen LogP contribution in [-0.4, -0.2) is 48.7 Å². The number of Topliss-reactive ketones (excluding diaryl/α,β-unsaturated/α-hetero) is 1. The van der Waals surface area contributed by atoms with Crippen LogP contribution in [0.1, 0.15) is 39.7 Å². The highest BCUT2D eigenvalue weighted by molar-refractivity contribution is 7.12. The minimum absolute atomic E-state index is 0.120. The van der Waals surface area contributed by atoms with Gasteiger partial charge in [0.25, 0.3) is 0 Å². The van der Waals surface area contributed by atoms with Crippen LogP contribution in [0.4, 0.5) is 13.6 Å². The maximum Gasteiger partial charge on any atom is 0.509 e. The first-order valence-electron chi connectivity index (χ1n) is 11.7. The van der Waals surface area contributed by atoms with Gasteiger partial charge < -0.3 is 14.0 Å². The van der Waals surface area contributed by atoms with E-state index in [2.05, 4.69) is 0 Å². The van der Waals surface area contributed by atoms with Crippen molar-refractivity contribution >= 4 is 23.3 Å². The molecule has 5 nitrogen and oxygen atoms in total. The van der Waals surface area contributed by atoms with Gasteiger partial charge in [-0.15, -0.1) is 11.3 Å². The summed E-state index contributed by atoms with van der Waals surface area (Å²) in [6.45, 7) is 2.76. The number of fused-ring (bicyclic) bond motifs is 3. The van der Waals surface area contributed by atoms with Gasteiger partial charge >= 0.3 is 6.16 Å². The Bertz CT molecular complexity index is 1130. The summed E-state index contributed by atoms with van der Waals surface area (Å²) in [5, 5.41) is 1.90. The Morgan fingerprint density at radius 1 is 0.943 bits per heavy atom. The molecule has 2 bridgehead atoms. The molecule has 3 fully saturated rings. The third-order valence-electron chi connectivity index (χ3n) is 7.12. The van der Waals surface area contributed by atoms with Gasteiger partial charge in [-0.05, 0) is 46.8 Å². The van der Waals surface area contributed by atoms with E-state index < -0.39 is 23.9 Å². The Hall–Kier alpha value is -3.10. The molecule has 0 saturated carbocycles. The van der Waals surface area contributed by atoms with Crippen LogP contribution in [0.3, 0.4) is 0 Å². The average Bonchev–Trinajstić information content (AvgIpc) is 3.40. The Balaban J connectivity index is 1.29. The van der Waals surface area contributed by atoms with Crippen LogP contribution in [0.15, 0.2) is 66.0 Å². The van der Waals surface area contributed by atoms with E-state index in [-0.39, 0.29) is 17.8 Å². The molecule has 4 heterocycles. The number of halogens is 2. The van der Waals surface area contributed by atoms with Crippen molar-refractivity contribution in [2.75, 3.05) is 26.2 Å². The lowest BCUT2D eigenvalue weighted by Gasteiger charge is -2.51. The molecule has 0 aliphatic carbocycles. The standard InChI is InChI=1S/C27H26F2NO4S/c28-21-7-3-19(4-8-21)26(20-5-9-22(29)10-6-20)34-27(32)33-24-17-30(13-11-18(24)12-14-30)16-23(31)25-2-1-15-35-25/h1-10,15,18,24,26H,11-14,16-17H2/q+1/t18?,24-,30?/m0/s1. The van der Waals surface area contributed by atoms with Crippen LogP contribution < -0.4 is 0 Å². The molecule has 2 aromatic carbocycles. The summed E-state index contributed by atoms with van der Waals surface area (Å²) in [5.41, 5.74) is 1.10. The zero-order valence-electron chi connectivity index (χ0n) is 19.1. The van der Waals surface area contributed by atoms with Crippen molar-refractivity contribution in [3.8, 4) is 0 Å². The highest BCUT2D eigenvalue weighted by atomic mass is 32.1. The van der Waals surface area contributed by atoms with Gasteiger partial charge in [-0.3, -0.25) is 4.79 Å². The van der Waals surface area contributed by atoms with Crippen LogP contribution in [0.25, 0.3) is 0 Å².